The van der Waals surface area contributed by atoms with Gasteiger partial charge in [0.2, 0.25) is 5.95 Å². The van der Waals surface area contributed by atoms with E-state index in [0.29, 0.717) is 30.9 Å². The summed E-state index contributed by atoms with van der Waals surface area (Å²) in [6.45, 7) is 4.82. The lowest BCUT2D eigenvalue weighted by atomic mass is 9.99. The highest BCUT2D eigenvalue weighted by Crippen LogP contribution is 2.31. The molecule has 1 aliphatic rings. The maximum absolute atomic E-state index is 13.1. The first-order valence-electron chi connectivity index (χ1n) is 9.77. The van der Waals surface area contributed by atoms with Crippen LogP contribution >= 0.6 is 0 Å². The van der Waals surface area contributed by atoms with E-state index in [1.165, 1.54) is 6.07 Å². The number of alkyl halides is 3. The highest BCUT2D eigenvalue weighted by atomic mass is 32.2. The number of hydrogen-bond donors (Lipinski definition) is 1. The number of rotatable bonds is 5. The SMILES string of the molecule is CC(C)[C@@H]1CN(c2ccc(CO)c(S(C)(=O)=O)c2)CCN1c1nccc(C(F)(F)F)n1. The van der Waals surface area contributed by atoms with Crippen LogP contribution in [0.2, 0.25) is 0 Å². The molecule has 1 atom stereocenters. The second-order valence-corrected chi connectivity index (χ2v) is 9.90. The third-order valence-electron chi connectivity index (χ3n) is 5.36. The number of sulfone groups is 1. The van der Waals surface area contributed by atoms with Crippen molar-refractivity contribution in [1.29, 1.82) is 0 Å². The molecule has 7 nitrogen and oxygen atoms in total. The summed E-state index contributed by atoms with van der Waals surface area (Å²) in [6.07, 6.45) is -2.35. The Morgan fingerprint density at radius 1 is 1.23 bits per heavy atom. The van der Waals surface area contributed by atoms with Crippen molar-refractivity contribution in [3.8, 4) is 0 Å². The van der Waals surface area contributed by atoms with Crippen LogP contribution in [0.3, 0.4) is 0 Å². The lowest BCUT2D eigenvalue weighted by Gasteiger charge is -2.44. The fourth-order valence-corrected chi connectivity index (χ4v) is 4.67. The lowest BCUT2D eigenvalue weighted by molar-refractivity contribution is -0.141. The molecule has 0 spiro atoms. The van der Waals surface area contributed by atoms with E-state index in [2.05, 4.69) is 9.97 Å². The molecule has 170 valence electrons. The minimum atomic E-state index is -4.55. The standard InChI is InChI=1S/C20H25F3N4O3S/c1-13(2)16-11-26(15-5-4-14(12-28)17(10-15)31(3,29)30)8-9-27(16)19-24-7-6-18(25-19)20(21,22)23/h4-7,10,13,16,28H,8-9,11-12H2,1-3H3/t16-/m0/s1. The number of aliphatic hydroxyl groups is 1. The fraction of sp³-hybridized carbons (Fsp3) is 0.500. The van der Waals surface area contributed by atoms with Crippen molar-refractivity contribution >= 4 is 21.5 Å². The summed E-state index contributed by atoms with van der Waals surface area (Å²) in [5.41, 5.74) is 0.00960. The van der Waals surface area contributed by atoms with Crippen LogP contribution in [0.4, 0.5) is 24.8 Å². The number of anilines is 2. The van der Waals surface area contributed by atoms with Gasteiger partial charge in [0.05, 0.1) is 17.5 Å². The molecule has 3 rings (SSSR count). The van der Waals surface area contributed by atoms with Gasteiger partial charge in [0.1, 0.15) is 5.69 Å². The van der Waals surface area contributed by atoms with Crippen molar-refractivity contribution in [3.63, 3.8) is 0 Å². The summed E-state index contributed by atoms with van der Waals surface area (Å²) in [4.78, 5) is 11.6. The summed E-state index contributed by atoms with van der Waals surface area (Å²) in [7, 11) is -3.53. The highest BCUT2D eigenvalue weighted by Gasteiger charge is 2.36. The van der Waals surface area contributed by atoms with Gasteiger partial charge in [-0.25, -0.2) is 18.4 Å². The van der Waals surface area contributed by atoms with E-state index in [1.54, 1.807) is 17.0 Å². The van der Waals surface area contributed by atoms with Crippen LogP contribution in [0.1, 0.15) is 25.1 Å². The Labute approximate surface area is 179 Å². The van der Waals surface area contributed by atoms with Gasteiger partial charge in [0.25, 0.3) is 0 Å². The third-order valence-corrected chi connectivity index (χ3v) is 6.54. The number of piperazine rings is 1. The molecule has 0 amide bonds. The zero-order chi connectivity index (χ0) is 23.0. The average molecular weight is 459 g/mol. The number of aromatic nitrogens is 2. The van der Waals surface area contributed by atoms with E-state index in [0.717, 1.165) is 18.5 Å². The molecule has 31 heavy (non-hydrogen) atoms. The Morgan fingerprint density at radius 3 is 2.52 bits per heavy atom. The first kappa shape index (κ1) is 23.3. The van der Waals surface area contributed by atoms with Crippen molar-refractivity contribution in [2.45, 2.75) is 37.6 Å². The van der Waals surface area contributed by atoms with Gasteiger partial charge < -0.3 is 14.9 Å². The molecule has 1 saturated heterocycles. The predicted octanol–water partition coefficient (Wildman–Crippen LogP) is 2.74. The van der Waals surface area contributed by atoms with Crippen LogP contribution in [-0.2, 0) is 22.6 Å². The molecule has 1 aromatic carbocycles. The smallest absolute Gasteiger partial charge is 0.392 e. The molecule has 1 aromatic heterocycles. The van der Waals surface area contributed by atoms with Gasteiger partial charge in [-0.3, -0.25) is 0 Å². The van der Waals surface area contributed by atoms with Gasteiger partial charge in [0, 0.05) is 37.8 Å². The molecule has 11 heteroatoms. The van der Waals surface area contributed by atoms with E-state index < -0.39 is 28.3 Å². The quantitative estimate of drug-likeness (QED) is 0.737. The summed E-state index contributed by atoms with van der Waals surface area (Å²) >= 11 is 0. The second-order valence-electron chi connectivity index (χ2n) is 7.91. The summed E-state index contributed by atoms with van der Waals surface area (Å²) < 4.78 is 63.5. The zero-order valence-electron chi connectivity index (χ0n) is 17.5. The molecule has 0 bridgehead atoms. The minimum Gasteiger partial charge on any atom is -0.392 e. The van der Waals surface area contributed by atoms with E-state index in [-0.39, 0.29) is 22.8 Å². The Kier molecular flexibility index (Phi) is 6.47. The van der Waals surface area contributed by atoms with E-state index >= 15 is 0 Å². The maximum atomic E-state index is 13.1. The van der Waals surface area contributed by atoms with Gasteiger partial charge in [0.15, 0.2) is 9.84 Å². The van der Waals surface area contributed by atoms with E-state index in [1.807, 2.05) is 18.7 Å². The summed E-state index contributed by atoms with van der Waals surface area (Å²) in [5, 5.41) is 9.46. The predicted molar refractivity (Wildman–Crippen MR) is 111 cm³/mol. The zero-order valence-corrected chi connectivity index (χ0v) is 18.3. The van der Waals surface area contributed by atoms with Gasteiger partial charge in [-0.15, -0.1) is 0 Å². The number of hydrogen-bond acceptors (Lipinski definition) is 7. The van der Waals surface area contributed by atoms with Crippen molar-refractivity contribution < 1.29 is 26.7 Å². The highest BCUT2D eigenvalue weighted by molar-refractivity contribution is 7.90. The van der Waals surface area contributed by atoms with Crippen LogP contribution in [0.15, 0.2) is 35.4 Å². The molecule has 0 unspecified atom stereocenters. The van der Waals surface area contributed by atoms with Crippen LogP contribution in [0.5, 0.6) is 0 Å². The van der Waals surface area contributed by atoms with Crippen LogP contribution in [0.25, 0.3) is 0 Å². The van der Waals surface area contributed by atoms with Gasteiger partial charge >= 0.3 is 6.18 Å². The monoisotopic (exact) mass is 458 g/mol. The first-order valence-corrected chi connectivity index (χ1v) is 11.7. The van der Waals surface area contributed by atoms with Crippen LogP contribution in [0, 0.1) is 5.92 Å². The average Bonchev–Trinajstić information content (AvgIpc) is 2.71. The van der Waals surface area contributed by atoms with Gasteiger partial charge in [-0.1, -0.05) is 19.9 Å². The van der Waals surface area contributed by atoms with E-state index in [4.69, 9.17) is 0 Å². The lowest BCUT2D eigenvalue weighted by Crippen LogP contribution is -2.56. The topological polar surface area (TPSA) is 86.6 Å². The largest absolute Gasteiger partial charge is 0.433 e. The molecular formula is C20H25F3N4O3S. The Morgan fingerprint density at radius 2 is 1.94 bits per heavy atom. The van der Waals surface area contributed by atoms with E-state index in [9.17, 15) is 26.7 Å². The molecule has 0 saturated carbocycles. The van der Waals surface area contributed by atoms with Crippen molar-refractivity contribution in [1.82, 2.24) is 9.97 Å². The molecule has 0 radical (unpaired) electrons. The summed E-state index contributed by atoms with van der Waals surface area (Å²) in [6, 6.07) is 5.53. The van der Waals surface area contributed by atoms with Crippen molar-refractivity contribution in [2.24, 2.45) is 5.92 Å². The van der Waals surface area contributed by atoms with Crippen LogP contribution in [-0.4, -0.2) is 55.4 Å². The summed E-state index contributed by atoms with van der Waals surface area (Å²) in [5.74, 6) is 0.104. The fourth-order valence-electron chi connectivity index (χ4n) is 3.72. The molecule has 1 fully saturated rings. The molecule has 1 N–H and O–H groups in total. The Hall–Kier alpha value is -2.40. The van der Waals surface area contributed by atoms with Crippen molar-refractivity contribution in [2.75, 3.05) is 35.7 Å². The Bertz CT molecular complexity index is 1040. The first-order chi connectivity index (χ1) is 14.4. The van der Waals surface area contributed by atoms with Gasteiger partial charge in [-0.05, 0) is 29.7 Å². The number of nitrogens with zero attached hydrogens (tertiary/aromatic N) is 4. The van der Waals surface area contributed by atoms with Crippen molar-refractivity contribution in [3.05, 3.63) is 41.7 Å². The normalized spacial score (nSPS) is 18.0. The Balaban J connectivity index is 1.91. The minimum absolute atomic E-state index is 0.0284. The molecule has 2 aromatic rings. The van der Waals surface area contributed by atoms with Gasteiger partial charge in [-0.2, -0.15) is 13.2 Å². The molecule has 2 heterocycles. The van der Waals surface area contributed by atoms with Crippen LogP contribution < -0.4 is 9.80 Å². The number of aliphatic hydroxyl groups excluding tert-OH is 1. The number of halogens is 3. The second kappa shape index (κ2) is 8.62. The molecular weight excluding hydrogens is 433 g/mol. The molecule has 0 aliphatic carbocycles. The third kappa shape index (κ3) is 5.09. The molecule has 1 aliphatic heterocycles. The maximum Gasteiger partial charge on any atom is 0.433 e. The number of benzene rings is 1.